The Hall–Kier alpha value is -1.69. The molecule has 3 rings (SSSR count). The largest absolute Gasteiger partial charge is 0.435 e. The molecular formula is C22H31F3N2O4SSi. The van der Waals surface area contributed by atoms with E-state index in [1.165, 1.54) is 0 Å². The molecule has 1 aliphatic rings. The number of ether oxygens (including phenoxy) is 2. The number of nitrogens with zero attached hydrogens (tertiary/aromatic N) is 2. The van der Waals surface area contributed by atoms with Gasteiger partial charge >= 0.3 is 6.18 Å². The Kier molecular flexibility index (Phi) is 7.77. The van der Waals surface area contributed by atoms with E-state index >= 15 is 0 Å². The number of rotatable bonds is 8. The van der Waals surface area contributed by atoms with Gasteiger partial charge in [0.05, 0.1) is 15.8 Å². The summed E-state index contributed by atoms with van der Waals surface area (Å²) in [6.45, 7) is 8.76. The molecule has 0 bridgehead atoms. The smallest absolute Gasteiger partial charge is 0.372 e. The zero-order chi connectivity index (χ0) is 24.4. The van der Waals surface area contributed by atoms with Gasteiger partial charge in [-0.1, -0.05) is 31.8 Å². The normalized spacial score (nSPS) is 20.2. The Morgan fingerprint density at radius 3 is 2.61 bits per heavy atom. The number of sulfone groups is 1. The molecule has 184 valence electrons. The predicted octanol–water partition coefficient (Wildman–Crippen LogP) is 5.22. The molecule has 0 saturated carbocycles. The van der Waals surface area contributed by atoms with Gasteiger partial charge in [-0.05, 0) is 49.6 Å². The third kappa shape index (κ3) is 6.68. The van der Waals surface area contributed by atoms with Crippen molar-refractivity contribution in [3.05, 3.63) is 47.3 Å². The van der Waals surface area contributed by atoms with E-state index in [9.17, 15) is 21.6 Å². The Balaban J connectivity index is 1.82. The van der Waals surface area contributed by atoms with Gasteiger partial charge in [-0.2, -0.15) is 18.3 Å². The van der Waals surface area contributed by atoms with Crippen LogP contribution in [0, 0.1) is 6.92 Å². The van der Waals surface area contributed by atoms with Crippen LogP contribution >= 0.6 is 0 Å². The quantitative estimate of drug-likeness (QED) is 0.364. The first-order chi connectivity index (χ1) is 15.3. The maximum Gasteiger partial charge on any atom is 0.435 e. The standard InChI is InChI=1S/C22H31F3N2O4SSi/c1-16-6-5-7-17(12-16)32(28,29)18-8-9-31-20(13-18)19-14-21(22(23,24)25)26-27(19)15-30-10-11-33(2,3)4/h5-7,12,14,18,20H,8-11,13,15H2,1-4H3. The second-order valence-corrected chi connectivity index (χ2v) is 17.5. The summed E-state index contributed by atoms with van der Waals surface area (Å²) in [4.78, 5) is 0.215. The van der Waals surface area contributed by atoms with Crippen molar-refractivity contribution in [2.24, 2.45) is 0 Å². The van der Waals surface area contributed by atoms with Crippen LogP contribution in [0.25, 0.3) is 0 Å². The van der Waals surface area contributed by atoms with Gasteiger partial charge in [-0.15, -0.1) is 0 Å². The monoisotopic (exact) mass is 504 g/mol. The van der Waals surface area contributed by atoms with Crippen molar-refractivity contribution >= 4 is 17.9 Å². The number of aryl methyl sites for hydroxylation is 1. The average molecular weight is 505 g/mol. The molecule has 6 nitrogen and oxygen atoms in total. The zero-order valence-electron chi connectivity index (χ0n) is 19.4. The summed E-state index contributed by atoms with van der Waals surface area (Å²) in [6, 6.07) is 8.46. The average Bonchev–Trinajstić information content (AvgIpc) is 3.15. The highest BCUT2D eigenvalue weighted by Gasteiger charge is 2.39. The molecule has 0 amide bonds. The first kappa shape index (κ1) is 25.9. The minimum Gasteiger partial charge on any atom is -0.372 e. The van der Waals surface area contributed by atoms with Crippen LogP contribution in [-0.4, -0.2) is 44.7 Å². The molecule has 11 heteroatoms. The Labute approximate surface area is 194 Å². The van der Waals surface area contributed by atoms with E-state index in [0.29, 0.717) is 6.61 Å². The lowest BCUT2D eigenvalue weighted by Gasteiger charge is -2.29. The van der Waals surface area contributed by atoms with Crippen molar-refractivity contribution in [1.29, 1.82) is 0 Å². The molecule has 0 radical (unpaired) electrons. The van der Waals surface area contributed by atoms with Crippen LogP contribution in [-0.2, 0) is 32.2 Å². The van der Waals surface area contributed by atoms with Gasteiger partial charge in [0.15, 0.2) is 15.5 Å². The first-order valence-electron chi connectivity index (χ1n) is 10.9. The molecule has 1 saturated heterocycles. The molecule has 1 aromatic heterocycles. The molecule has 1 fully saturated rings. The van der Waals surface area contributed by atoms with Crippen molar-refractivity contribution in [2.45, 2.75) is 74.6 Å². The third-order valence-corrected chi connectivity index (χ3v) is 9.56. The number of benzene rings is 1. The summed E-state index contributed by atoms with van der Waals surface area (Å²) in [5, 5.41) is 2.94. The third-order valence-electron chi connectivity index (χ3n) is 5.63. The van der Waals surface area contributed by atoms with E-state index in [4.69, 9.17) is 9.47 Å². The summed E-state index contributed by atoms with van der Waals surface area (Å²) in [7, 11) is -5.01. The van der Waals surface area contributed by atoms with Crippen LogP contribution < -0.4 is 0 Å². The van der Waals surface area contributed by atoms with Crippen LogP contribution in [0.5, 0.6) is 0 Å². The lowest BCUT2D eigenvalue weighted by molar-refractivity contribution is -0.141. The number of alkyl halides is 3. The topological polar surface area (TPSA) is 70.4 Å². The van der Waals surface area contributed by atoms with E-state index in [0.717, 1.165) is 22.4 Å². The maximum atomic E-state index is 13.4. The Bertz CT molecular complexity index is 1060. The number of aromatic nitrogens is 2. The van der Waals surface area contributed by atoms with Crippen molar-refractivity contribution in [3.63, 3.8) is 0 Å². The second kappa shape index (κ2) is 9.89. The summed E-state index contributed by atoms with van der Waals surface area (Å²) in [5.41, 5.74) is -0.0407. The van der Waals surface area contributed by atoms with Crippen molar-refractivity contribution in [2.75, 3.05) is 13.2 Å². The lowest BCUT2D eigenvalue weighted by atomic mass is 10.1. The molecule has 2 atom stereocenters. The number of hydrogen-bond donors (Lipinski definition) is 0. The minimum atomic E-state index is -4.62. The summed E-state index contributed by atoms with van der Waals surface area (Å²) >= 11 is 0. The van der Waals surface area contributed by atoms with E-state index in [2.05, 4.69) is 24.7 Å². The van der Waals surface area contributed by atoms with Crippen LogP contribution in [0.4, 0.5) is 13.2 Å². The molecule has 0 N–H and O–H groups in total. The summed E-state index contributed by atoms with van der Waals surface area (Å²) < 4.78 is 79.0. The van der Waals surface area contributed by atoms with Gasteiger partial charge in [0.2, 0.25) is 0 Å². The highest BCUT2D eigenvalue weighted by atomic mass is 32.2. The highest BCUT2D eigenvalue weighted by molar-refractivity contribution is 7.92. The molecular weight excluding hydrogens is 473 g/mol. The van der Waals surface area contributed by atoms with Gasteiger partial charge in [0, 0.05) is 21.3 Å². The molecule has 2 aromatic rings. The fourth-order valence-corrected chi connectivity index (χ4v) is 6.30. The van der Waals surface area contributed by atoms with Gasteiger partial charge in [0.25, 0.3) is 0 Å². The molecule has 0 spiro atoms. The molecule has 33 heavy (non-hydrogen) atoms. The van der Waals surface area contributed by atoms with E-state index in [1.807, 2.05) is 13.0 Å². The minimum absolute atomic E-state index is 0.0498. The van der Waals surface area contributed by atoms with E-state index < -0.39 is 41.1 Å². The van der Waals surface area contributed by atoms with Crippen LogP contribution in [0.3, 0.4) is 0 Å². The SMILES string of the molecule is Cc1cccc(S(=O)(=O)C2CCOC(c3cc(C(F)(F)F)nn3COCC[Si](C)(C)C)C2)c1. The van der Waals surface area contributed by atoms with E-state index in [-0.39, 0.29) is 36.8 Å². The van der Waals surface area contributed by atoms with Crippen LogP contribution in [0.15, 0.2) is 35.2 Å². The predicted molar refractivity (Wildman–Crippen MR) is 121 cm³/mol. The van der Waals surface area contributed by atoms with Crippen LogP contribution in [0.1, 0.15) is 35.9 Å². The molecule has 0 aliphatic carbocycles. The fraction of sp³-hybridized carbons (Fsp3) is 0.591. The summed E-state index contributed by atoms with van der Waals surface area (Å²) in [6.07, 6.45) is -5.12. The number of halogens is 3. The van der Waals surface area contributed by atoms with Crippen LogP contribution in [0.2, 0.25) is 25.7 Å². The second-order valence-electron chi connectivity index (χ2n) is 9.67. The van der Waals surface area contributed by atoms with Gasteiger partial charge in [-0.3, -0.25) is 0 Å². The fourth-order valence-electron chi connectivity index (χ4n) is 3.70. The first-order valence-corrected chi connectivity index (χ1v) is 16.2. The van der Waals surface area contributed by atoms with Crippen molar-refractivity contribution in [3.8, 4) is 0 Å². The zero-order valence-corrected chi connectivity index (χ0v) is 21.2. The lowest BCUT2D eigenvalue weighted by Crippen LogP contribution is -2.32. The van der Waals surface area contributed by atoms with Gasteiger partial charge in [0.1, 0.15) is 12.8 Å². The number of hydrogen-bond acceptors (Lipinski definition) is 5. The molecule has 2 heterocycles. The molecule has 1 aromatic carbocycles. The highest BCUT2D eigenvalue weighted by Crippen LogP contribution is 2.37. The Morgan fingerprint density at radius 1 is 1.24 bits per heavy atom. The van der Waals surface area contributed by atoms with Gasteiger partial charge < -0.3 is 9.47 Å². The summed E-state index contributed by atoms with van der Waals surface area (Å²) in [5.74, 6) is 0. The van der Waals surface area contributed by atoms with Crippen molar-refractivity contribution in [1.82, 2.24) is 9.78 Å². The van der Waals surface area contributed by atoms with Crippen molar-refractivity contribution < 1.29 is 31.1 Å². The molecule has 1 aliphatic heterocycles. The van der Waals surface area contributed by atoms with Gasteiger partial charge in [-0.25, -0.2) is 13.1 Å². The maximum absolute atomic E-state index is 13.4. The Morgan fingerprint density at radius 2 is 1.97 bits per heavy atom. The molecule has 2 unspecified atom stereocenters. The van der Waals surface area contributed by atoms with E-state index in [1.54, 1.807) is 18.2 Å².